The summed E-state index contributed by atoms with van der Waals surface area (Å²) < 4.78 is 31.5. The van der Waals surface area contributed by atoms with E-state index < -0.39 is 29.9 Å². The van der Waals surface area contributed by atoms with Crippen LogP contribution in [0.2, 0.25) is 5.02 Å². The zero-order valence-electron chi connectivity index (χ0n) is 17.7. The molecular weight excluding hydrogens is 415 g/mol. The van der Waals surface area contributed by atoms with Crippen molar-refractivity contribution in [2.45, 2.75) is 52.3 Å². The molecular formula is C21H28ClFN2O5. The second-order valence-corrected chi connectivity index (χ2v) is 8.59. The van der Waals surface area contributed by atoms with Crippen LogP contribution in [-0.2, 0) is 14.3 Å². The average Bonchev–Trinajstić information content (AvgIpc) is 2.96. The SMILES string of the molecule is CC(C)CCOC(=O)C1C2COCCN2C(=O)N1c1cc(OC(C)C)c(Cl)cc1F. The Morgan fingerprint density at radius 1 is 1.33 bits per heavy atom. The maximum Gasteiger partial charge on any atom is 0.331 e. The summed E-state index contributed by atoms with van der Waals surface area (Å²) in [4.78, 5) is 28.8. The number of amides is 2. The Bertz CT molecular complexity index is 804. The highest BCUT2D eigenvalue weighted by Crippen LogP contribution is 2.38. The Hall–Kier alpha value is -2.06. The zero-order valence-corrected chi connectivity index (χ0v) is 18.4. The summed E-state index contributed by atoms with van der Waals surface area (Å²) in [6, 6.07) is 0.417. The molecule has 2 amide bonds. The number of hydrogen-bond acceptors (Lipinski definition) is 5. The molecule has 0 spiro atoms. The molecule has 1 aromatic carbocycles. The summed E-state index contributed by atoms with van der Waals surface area (Å²) in [5.74, 6) is -0.699. The van der Waals surface area contributed by atoms with Gasteiger partial charge < -0.3 is 19.1 Å². The minimum Gasteiger partial charge on any atom is -0.489 e. The standard InChI is InChI=1S/C21H28ClFN2O5/c1-12(2)5-7-29-20(26)19-17-11-28-8-6-24(17)21(27)25(19)16-10-18(30-13(3)4)14(22)9-15(16)23/h9-10,12-13,17,19H,5-8,11H2,1-4H3. The Balaban J connectivity index is 1.97. The lowest BCUT2D eigenvalue weighted by atomic mass is 10.1. The van der Waals surface area contributed by atoms with Crippen LogP contribution in [-0.4, -0.2) is 61.5 Å². The third-order valence-corrected chi connectivity index (χ3v) is 5.36. The molecule has 2 atom stereocenters. The quantitative estimate of drug-likeness (QED) is 0.600. The molecule has 2 unspecified atom stereocenters. The topological polar surface area (TPSA) is 68.3 Å². The number of esters is 1. The first-order valence-electron chi connectivity index (χ1n) is 10.2. The normalized spacial score (nSPS) is 21.4. The van der Waals surface area contributed by atoms with Gasteiger partial charge in [0.1, 0.15) is 11.6 Å². The van der Waals surface area contributed by atoms with Gasteiger partial charge in [-0.15, -0.1) is 0 Å². The van der Waals surface area contributed by atoms with Crippen LogP contribution in [0.5, 0.6) is 5.75 Å². The van der Waals surface area contributed by atoms with Gasteiger partial charge in [0.2, 0.25) is 0 Å². The lowest BCUT2D eigenvalue weighted by molar-refractivity contribution is -0.147. The predicted octanol–water partition coefficient (Wildman–Crippen LogP) is 3.87. The van der Waals surface area contributed by atoms with E-state index in [-0.39, 0.29) is 35.8 Å². The molecule has 0 N–H and O–H groups in total. The van der Waals surface area contributed by atoms with Gasteiger partial charge in [-0.2, -0.15) is 0 Å². The predicted molar refractivity (Wildman–Crippen MR) is 111 cm³/mol. The van der Waals surface area contributed by atoms with Crippen molar-refractivity contribution in [2.75, 3.05) is 31.3 Å². The van der Waals surface area contributed by atoms with Crippen LogP contribution in [0, 0.1) is 11.7 Å². The molecule has 2 heterocycles. The average molecular weight is 443 g/mol. The Morgan fingerprint density at radius 2 is 2.07 bits per heavy atom. The molecule has 7 nitrogen and oxygen atoms in total. The number of hydrogen-bond donors (Lipinski definition) is 0. The van der Waals surface area contributed by atoms with Crippen molar-refractivity contribution in [2.24, 2.45) is 5.92 Å². The molecule has 0 aliphatic carbocycles. The highest BCUT2D eigenvalue weighted by molar-refractivity contribution is 6.32. The number of carbonyl (C=O) groups is 2. The fraction of sp³-hybridized carbons (Fsp3) is 0.619. The molecule has 0 bridgehead atoms. The van der Waals surface area contributed by atoms with Gasteiger partial charge in [0.05, 0.1) is 42.7 Å². The molecule has 2 aliphatic rings. The van der Waals surface area contributed by atoms with Crippen molar-refractivity contribution in [1.29, 1.82) is 0 Å². The maximum absolute atomic E-state index is 14.9. The van der Waals surface area contributed by atoms with Crippen molar-refractivity contribution in [3.63, 3.8) is 0 Å². The number of nitrogens with zero attached hydrogens (tertiary/aromatic N) is 2. The molecule has 0 aromatic heterocycles. The van der Waals surface area contributed by atoms with Gasteiger partial charge in [0.15, 0.2) is 6.04 Å². The molecule has 166 valence electrons. The lowest BCUT2D eigenvalue weighted by Crippen LogP contribution is -2.50. The van der Waals surface area contributed by atoms with E-state index in [0.717, 1.165) is 11.0 Å². The Kier molecular flexibility index (Phi) is 7.08. The van der Waals surface area contributed by atoms with E-state index >= 15 is 0 Å². The highest BCUT2D eigenvalue weighted by atomic mass is 35.5. The molecule has 9 heteroatoms. The van der Waals surface area contributed by atoms with Crippen LogP contribution in [0.15, 0.2) is 12.1 Å². The van der Waals surface area contributed by atoms with Gasteiger partial charge in [-0.05, 0) is 32.3 Å². The number of morpholine rings is 1. The van der Waals surface area contributed by atoms with Crippen LogP contribution >= 0.6 is 11.6 Å². The Morgan fingerprint density at radius 3 is 2.73 bits per heavy atom. The van der Waals surface area contributed by atoms with Crippen LogP contribution in [0.25, 0.3) is 0 Å². The second-order valence-electron chi connectivity index (χ2n) is 8.18. The van der Waals surface area contributed by atoms with Crippen molar-refractivity contribution < 1.29 is 28.2 Å². The Labute approximate surface area is 181 Å². The number of anilines is 1. The lowest BCUT2D eigenvalue weighted by Gasteiger charge is -2.30. The van der Waals surface area contributed by atoms with Crippen LogP contribution in [0.4, 0.5) is 14.9 Å². The molecule has 3 rings (SSSR count). The molecule has 2 saturated heterocycles. The van der Waals surface area contributed by atoms with Crippen molar-refractivity contribution in [3.8, 4) is 5.75 Å². The molecule has 0 radical (unpaired) electrons. The molecule has 2 fully saturated rings. The van der Waals surface area contributed by atoms with Crippen molar-refractivity contribution >= 4 is 29.3 Å². The van der Waals surface area contributed by atoms with Crippen molar-refractivity contribution in [3.05, 3.63) is 23.0 Å². The summed E-state index contributed by atoms with van der Waals surface area (Å²) in [5.41, 5.74) is -0.0692. The minimum absolute atomic E-state index is 0.0692. The highest BCUT2D eigenvalue weighted by Gasteiger charge is 2.52. The van der Waals surface area contributed by atoms with Crippen LogP contribution in [0.1, 0.15) is 34.1 Å². The van der Waals surface area contributed by atoms with E-state index in [4.69, 9.17) is 25.8 Å². The van der Waals surface area contributed by atoms with E-state index in [0.29, 0.717) is 25.5 Å². The number of carbonyl (C=O) groups excluding carboxylic acids is 2. The summed E-state index contributed by atoms with van der Waals surface area (Å²) in [6.45, 7) is 8.75. The van der Waals surface area contributed by atoms with Crippen LogP contribution < -0.4 is 9.64 Å². The maximum atomic E-state index is 14.9. The van der Waals surface area contributed by atoms with E-state index in [1.54, 1.807) is 0 Å². The largest absolute Gasteiger partial charge is 0.489 e. The monoisotopic (exact) mass is 442 g/mol. The third-order valence-electron chi connectivity index (χ3n) is 5.06. The van der Waals surface area contributed by atoms with Gasteiger partial charge in [-0.25, -0.2) is 14.0 Å². The summed E-state index contributed by atoms with van der Waals surface area (Å²) in [6.07, 6.45) is 0.491. The minimum atomic E-state index is -1.02. The van der Waals surface area contributed by atoms with E-state index in [9.17, 15) is 14.0 Å². The molecule has 1 aromatic rings. The van der Waals surface area contributed by atoms with E-state index in [1.165, 1.54) is 11.0 Å². The smallest absolute Gasteiger partial charge is 0.331 e. The number of halogens is 2. The molecule has 2 aliphatic heterocycles. The van der Waals surface area contributed by atoms with E-state index in [1.807, 2.05) is 27.7 Å². The zero-order chi connectivity index (χ0) is 22.0. The molecule has 0 saturated carbocycles. The van der Waals surface area contributed by atoms with Gasteiger partial charge >= 0.3 is 12.0 Å². The summed E-state index contributed by atoms with van der Waals surface area (Å²) in [7, 11) is 0. The number of urea groups is 1. The summed E-state index contributed by atoms with van der Waals surface area (Å²) >= 11 is 6.12. The number of fused-ring (bicyclic) bond motifs is 1. The van der Waals surface area contributed by atoms with E-state index in [2.05, 4.69) is 0 Å². The van der Waals surface area contributed by atoms with Gasteiger partial charge in [0.25, 0.3) is 0 Å². The fourth-order valence-electron chi connectivity index (χ4n) is 3.59. The fourth-order valence-corrected chi connectivity index (χ4v) is 3.79. The van der Waals surface area contributed by atoms with Crippen molar-refractivity contribution in [1.82, 2.24) is 4.90 Å². The third kappa shape index (κ3) is 4.64. The van der Waals surface area contributed by atoms with Gasteiger partial charge in [0, 0.05) is 12.6 Å². The number of ether oxygens (including phenoxy) is 3. The first-order valence-corrected chi connectivity index (χ1v) is 10.6. The summed E-state index contributed by atoms with van der Waals surface area (Å²) in [5, 5.41) is 0.0914. The van der Waals surface area contributed by atoms with Crippen LogP contribution in [0.3, 0.4) is 0 Å². The second kappa shape index (κ2) is 9.39. The first-order chi connectivity index (χ1) is 14.2. The van der Waals surface area contributed by atoms with Gasteiger partial charge in [-0.3, -0.25) is 4.90 Å². The van der Waals surface area contributed by atoms with Gasteiger partial charge in [-0.1, -0.05) is 25.4 Å². The first kappa shape index (κ1) is 22.6. The number of benzene rings is 1. The molecule has 30 heavy (non-hydrogen) atoms. The number of rotatable bonds is 7.